The first kappa shape index (κ1) is 18.6. The van der Waals surface area contributed by atoms with Crippen LogP contribution in [0.5, 0.6) is 0 Å². The lowest BCUT2D eigenvalue weighted by molar-refractivity contribution is -0.130. The molecule has 0 fully saturated rings. The number of nitrogens with one attached hydrogen (secondary N) is 2. The summed E-state index contributed by atoms with van der Waals surface area (Å²) in [7, 11) is 0. The van der Waals surface area contributed by atoms with Crippen molar-refractivity contribution in [1.82, 2.24) is 15.6 Å². The van der Waals surface area contributed by atoms with E-state index in [9.17, 15) is 9.59 Å². The number of pyridine rings is 1. The van der Waals surface area contributed by atoms with Crippen molar-refractivity contribution < 1.29 is 9.59 Å². The van der Waals surface area contributed by atoms with Crippen molar-refractivity contribution in [3.05, 3.63) is 66.0 Å². The minimum atomic E-state index is -0.569. The number of hydrogen-bond donors (Lipinski definition) is 2. The number of carbonyl (C=O) groups excluding carboxylic acids is 2. The second-order valence-electron chi connectivity index (χ2n) is 6.46. The molecule has 0 aliphatic carbocycles. The highest BCUT2D eigenvalue weighted by molar-refractivity contribution is 5.88. The molecule has 0 spiro atoms. The van der Waals surface area contributed by atoms with E-state index in [0.29, 0.717) is 0 Å². The van der Waals surface area contributed by atoms with Crippen LogP contribution >= 0.6 is 0 Å². The van der Waals surface area contributed by atoms with Crippen LogP contribution in [0.15, 0.2) is 54.9 Å². The molecule has 5 heteroatoms. The Hall–Kier alpha value is -2.69. The van der Waals surface area contributed by atoms with Crippen LogP contribution in [-0.4, -0.2) is 22.8 Å². The fourth-order valence-corrected chi connectivity index (χ4v) is 2.58. The minimum absolute atomic E-state index is 0.00985. The van der Waals surface area contributed by atoms with Gasteiger partial charge in [0, 0.05) is 12.4 Å². The lowest BCUT2D eigenvalue weighted by atomic mass is 10.0. The largest absolute Gasteiger partial charge is 0.348 e. The third kappa shape index (κ3) is 5.71. The highest BCUT2D eigenvalue weighted by atomic mass is 16.2. The highest BCUT2D eigenvalue weighted by Crippen LogP contribution is 2.12. The number of rotatable bonds is 7. The van der Waals surface area contributed by atoms with Crippen molar-refractivity contribution in [3.8, 4) is 0 Å². The molecule has 5 nitrogen and oxygen atoms in total. The number of nitrogens with zero attached hydrogens (tertiary/aromatic N) is 1. The number of aromatic nitrogens is 1. The predicted octanol–water partition coefficient (Wildman–Crippen LogP) is 2.64. The molecule has 0 saturated heterocycles. The van der Waals surface area contributed by atoms with Gasteiger partial charge >= 0.3 is 0 Å². The summed E-state index contributed by atoms with van der Waals surface area (Å²) in [6.45, 7) is 5.75. The Morgan fingerprint density at radius 1 is 0.960 bits per heavy atom. The van der Waals surface area contributed by atoms with E-state index in [1.54, 1.807) is 12.4 Å². The molecule has 1 aromatic heterocycles. The summed E-state index contributed by atoms with van der Waals surface area (Å²) in [6.07, 6.45) is 3.65. The number of benzene rings is 1. The maximum Gasteiger partial charge on any atom is 0.243 e. The van der Waals surface area contributed by atoms with Crippen LogP contribution in [0.25, 0.3) is 0 Å². The van der Waals surface area contributed by atoms with Crippen LogP contribution in [0.2, 0.25) is 0 Å². The molecule has 25 heavy (non-hydrogen) atoms. The summed E-state index contributed by atoms with van der Waals surface area (Å²) in [6, 6.07) is 12.5. The third-order valence-electron chi connectivity index (χ3n) is 4.04. The first-order chi connectivity index (χ1) is 12.0. The van der Waals surface area contributed by atoms with E-state index in [1.165, 1.54) is 0 Å². The summed E-state index contributed by atoms with van der Waals surface area (Å²) in [5.74, 6) is -0.346. The van der Waals surface area contributed by atoms with Gasteiger partial charge in [0.05, 0.1) is 12.5 Å². The fourth-order valence-electron chi connectivity index (χ4n) is 2.58. The second kappa shape index (κ2) is 8.97. The average molecular weight is 339 g/mol. The average Bonchev–Trinajstić information content (AvgIpc) is 2.61. The standard InChI is InChI=1S/C20H25N3O2/c1-14(2)19(23-18(24)13-16-7-5-4-6-8-16)20(25)22-15(3)17-9-11-21-12-10-17/h4-12,14-15,19H,13H2,1-3H3,(H,22,25)(H,23,24). The molecule has 132 valence electrons. The van der Waals surface area contributed by atoms with E-state index in [0.717, 1.165) is 11.1 Å². The van der Waals surface area contributed by atoms with Crippen LogP contribution in [0.3, 0.4) is 0 Å². The van der Waals surface area contributed by atoms with Gasteiger partial charge in [0.2, 0.25) is 11.8 Å². The van der Waals surface area contributed by atoms with Crippen molar-refractivity contribution >= 4 is 11.8 Å². The lowest BCUT2D eigenvalue weighted by Gasteiger charge is -2.24. The molecule has 1 heterocycles. The van der Waals surface area contributed by atoms with Gasteiger partial charge in [0.25, 0.3) is 0 Å². The first-order valence-electron chi connectivity index (χ1n) is 8.51. The van der Waals surface area contributed by atoms with Gasteiger partial charge in [-0.05, 0) is 36.1 Å². The van der Waals surface area contributed by atoms with Crippen LogP contribution in [0.4, 0.5) is 0 Å². The Morgan fingerprint density at radius 3 is 2.20 bits per heavy atom. The van der Waals surface area contributed by atoms with E-state index in [4.69, 9.17) is 0 Å². The third-order valence-corrected chi connectivity index (χ3v) is 4.04. The summed E-state index contributed by atoms with van der Waals surface area (Å²) in [5, 5.41) is 5.82. The van der Waals surface area contributed by atoms with Crippen molar-refractivity contribution in [2.24, 2.45) is 5.92 Å². The monoisotopic (exact) mass is 339 g/mol. The van der Waals surface area contributed by atoms with Crippen LogP contribution in [0, 0.1) is 5.92 Å². The Morgan fingerprint density at radius 2 is 1.60 bits per heavy atom. The highest BCUT2D eigenvalue weighted by Gasteiger charge is 2.25. The number of carbonyl (C=O) groups is 2. The molecule has 2 atom stereocenters. The van der Waals surface area contributed by atoms with Gasteiger partial charge in [-0.15, -0.1) is 0 Å². The quantitative estimate of drug-likeness (QED) is 0.815. The summed E-state index contributed by atoms with van der Waals surface area (Å²) < 4.78 is 0. The molecule has 0 aliphatic heterocycles. The zero-order valence-corrected chi connectivity index (χ0v) is 14.9. The fraction of sp³-hybridized carbons (Fsp3) is 0.350. The van der Waals surface area contributed by atoms with Gasteiger partial charge < -0.3 is 10.6 Å². The molecule has 0 saturated carbocycles. The van der Waals surface area contributed by atoms with Gasteiger partial charge in [0.15, 0.2) is 0 Å². The summed E-state index contributed by atoms with van der Waals surface area (Å²) >= 11 is 0. The molecule has 0 bridgehead atoms. The zero-order chi connectivity index (χ0) is 18.2. The van der Waals surface area contributed by atoms with Gasteiger partial charge in [-0.2, -0.15) is 0 Å². The SMILES string of the molecule is CC(NC(=O)C(NC(=O)Cc1ccccc1)C(C)C)c1ccncc1. The van der Waals surface area contributed by atoms with E-state index in [-0.39, 0.29) is 30.2 Å². The van der Waals surface area contributed by atoms with Crippen molar-refractivity contribution in [1.29, 1.82) is 0 Å². The van der Waals surface area contributed by atoms with E-state index >= 15 is 0 Å². The molecule has 1 aromatic carbocycles. The Labute approximate surface area is 148 Å². The van der Waals surface area contributed by atoms with Crippen LogP contribution in [-0.2, 0) is 16.0 Å². The summed E-state index contributed by atoms with van der Waals surface area (Å²) in [5.41, 5.74) is 1.90. The summed E-state index contributed by atoms with van der Waals surface area (Å²) in [4.78, 5) is 28.9. The molecule has 0 aliphatic rings. The van der Waals surface area contributed by atoms with Crippen LogP contribution < -0.4 is 10.6 Å². The molecular formula is C20H25N3O2. The smallest absolute Gasteiger partial charge is 0.243 e. The maximum atomic E-state index is 12.6. The van der Waals surface area contributed by atoms with Gasteiger partial charge in [-0.1, -0.05) is 44.2 Å². The molecule has 2 amide bonds. The minimum Gasteiger partial charge on any atom is -0.348 e. The molecule has 2 N–H and O–H groups in total. The Balaban J connectivity index is 1.97. The molecule has 0 radical (unpaired) electrons. The molecular weight excluding hydrogens is 314 g/mol. The van der Waals surface area contributed by atoms with Crippen molar-refractivity contribution in [2.75, 3.05) is 0 Å². The van der Waals surface area contributed by atoms with Gasteiger partial charge in [-0.25, -0.2) is 0 Å². The van der Waals surface area contributed by atoms with Crippen molar-refractivity contribution in [2.45, 2.75) is 39.3 Å². The van der Waals surface area contributed by atoms with E-state index in [1.807, 2.05) is 63.2 Å². The van der Waals surface area contributed by atoms with Gasteiger partial charge in [-0.3, -0.25) is 14.6 Å². The Bertz CT molecular complexity index is 687. The van der Waals surface area contributed by atoms with Crippen molar-refractivity contribution in [3.63, 3.8) is 0 Å². The topological polar surface area (TPSA) is 71.1 Å². The number of amides is 2. The first-order valence-corrected chi connectivity index (χ1v) is 8.51. The predicted molar refractivity (Wildman–Crippen MR) is 97.7 cm³/mol. The number of hydrogen-bond acceptors (Lipinski definition) is 3. The molecule has 2 rings (SSSR count). The normalized spacial score (nSPS) is 13.1. The zero-order valence-electron chi connectivity index (χ0n) is 14.9. The Kier molecular flexibility index (Phi) is 6.69. The lowest BCUT2D eigenvalue weighted by Crippen LogP contribution is -2.50. The van der Waals surface area contributed by atoms with Gasteiger partial charge in [0.1, 0.15) is 6.04 Å². The van der Waals surface area contributed by atoms with E-state index in [2.05, 4.69) is 15.6 Å². The maximum absolute atomic E-state index is 12.6. The molecule has 2 aromatic rings. The van der Waals surface area contributed by atoms with E-state index < -0.39 is 6.04 Å². The molecule has 2 unspecified atom stereocenters. The van der Waals surface area contributed by atoms with Crippen LogP contribution in [0.1, 0.15) is 37.9 Å². The second-order valence-corrected chi connectivity index (χ2v) is 6.46.